The fraction of sp³-hybridized carbons (Fsp3) is 0.500. The van der Waals surface area contributed by atoms with Crippen molar-refractivity contribution >= 4 is 23.5 Å². The Balaban J connectivity index is 2.62. The van der Waals surface area contributed by atoms with Gasteiger partial charge in [-0.3, -0.25) is 4.79 Å². The first-order valence-electron chi connectivity index (χ1n) is 7.12. The molecule has 122 valence electrons. The van der Waals surface area contributed by atoms with Crippen molar-refractivity contribution in [1.82, 2.24) is 5.32 Å². The maximum Gasteiger partial charge on any atom is 0.336 e. The second-order valence-electron chi connectivity index (χ2n) is 6.25. The molecule has 0 aliphatic carbocycles. The summed E-state index contributed by atoms with van der Waals surface area (Å²) in [4.78, 5) is 23.2. The molecule has 0 aliphatic rings. The first kappa shape index (κ1) is 18.5. The van der Waals surface area contributed by atoms with Crippen LogP contribution in [0.2, 0.25) is 5.02 Å². The number of amides is 1. The Hall–Kier alpha value is -1.59. The highest BCUT2D eigenvalue weighted by atomic mass is 35.5. The van der Waals surface area contributed by atoms with E-state index in [1.165, 1.54) is 18.2 Å². The van der Waals surface area contributed by atoms with Crippen LogP contribution in [0.25, 0.3) is 0 Å². The number of benzene rings is 1. The van der Waals surface area contributed by atoms with Crippen LogP contribution in [0.15, 0.2) is 18.2 Å². The quantitative estimate of drug-likeness (QED) is 0.701. The molecule has 0 aliphatic heterocycles. The lowest BCUT2D eigenvalue weighted by Gasteiger charge is -2.25. The highest BCUT2D eigenvalue weighted by Crippen LogP contribution is 2.23. The van der Waals surface area contributed by atoms with Crippen molar-refractivity contribution in [1.29, 1.82) is 0 Å². The molecule has 1 unspecified atom stereocenters. The number of hydrogen-bond acceptors (Lipinski definition) is 3. The van der Waals surface area contributed by atoms with E-state index in [0.29, 0.717) is 19.4 Å². The summed E-state index contributed by atoms with van der Waals surface area (Å²) >= 11 is 5.93. The molecule has 0 fully saturated rings. The summed E-state index contributed by atoms with van der Waals surface area (Å²) in [6, 6.07) is 4.31. The second-order valence-corrected chi connectivity index (χ2v) is 6.65. The minimum absolute atomic E-state index is 0.0342. The normalized spacial score (nSPS) is 12.8. The van der Waals surface area contributed by atoms with Crippen LogP contribution < -0.4 is 5.32 Å². The van der Waals surface area contributed by atoms with Crippen LogP contribution in [0.3, 0.4) is 0 Å². The van der Waals surface area contributed by atoms with Crippen LogP contribution in [0.5, 0.6) is 0 Å². The Morgan fingerprint density at radius 2 is 1.95 bits per heavy atom. The summed E-state index contributed by atoms with van der Waals surface area (Å²) in [5.74, 6) is -1.72. The van der Waals surface area contributed by atoms with E-state index in [1.807, 2.05) is 20.8 Å². The van der Waals surface area contributed by atoms with Crippen molar-refractivity contribution in [2.24, 2.45) is 5.41 Å². The maximum absolute atomic E-state index is 12.1. The van der Waals surface area contributed by atoms with Gasteiger partial charge in [0.15, 0.2) is 0 Å². The van der Waals surface area contributed by atoms with Crippen molar-refractivity contribution < 1.29 is 19.8 Å². The molecule has 1 atom stereocenters. The number of hydrogen-bond donors (Lipinski definition) is 3. The molecule has 5 nitrogen and oxygen atoms in total. The van der Waals surface area contributed by atoms with Crippen molar-refractivity contribution in [3.8, 4) is 0 Å². The SMILES string of the molecule is CC(C)(C)C(O)CCCNC(=O)c1c(Cl)cccc1C(=O)O. The summed E-state index contributed by atoms with van der Waals surface area (Å²) in [7, 11) is 0. The lowest BCUT2D eigenvalue weighted by atomic mass is 9.86. The number of aromatic carboxylic acids is 1. The Morgan fingerprint density at radius 1 is 1.32 bits per heavy atom. The topological polar surface area (TPSA) is 86.6 Å². The number of halogens is 1. The first-order chi connectivity index (χ1) is 10.1. The number of nitrogens with one attached hydrogen (secondary N) is 1. The molecule has 1 aromatic carbocycles. The lowest BCUT2D eigenvalue weighted by Crippen LogP contribution is -2.30. The van der Waals surface area contributed by atoms with Gasteiger partial charge in [0.05, 0.1) is 22.3 Å². The summed E-state index contributed by atoms with van der Waals surface area (Å²) in [6.07, 6.45) is 0.689. The fourth-order valence-corrected chi connectivity index (χ4v) is 2.21. The smallest absolute Gasteiger partial charge is 0.336 e. The molecule has 22 heavy (non-hydrogen) atoms. The third-order valence-corrected chi connectivity index (χ3v) is 3.73. The largest absolute Gasteiger partial charge is 0.478 e. The second kappa shape index (κ2) is 7.61. The van der Waals surface area contributed by atoms with Crippen LogP contribution in [0, 0.1) is 5.41 Å². The zero-order valence-electron chi connectivity index (χ0n) is 13.0. The number of carboxylic acids is 1. The van der Waals surface area contributed by atoms with Gasteiger partial charge in [0.2, 0.25) is 0 Å². The molecule has 0 heterocycles. The minimum atomic E-state index is -1.20. The molecular formula is C16H22ClNO4. The Morgan fingerprint density at radius 3 is 2.50 bits per heavy atom. The van der Waals surface area contributed by atoms with Gasteiger partial charge in [-0.25, -0.2) is 4.79 Å². The van der Waals surface area contributed by atoms with Gasteiger partial charge < -0.3 is 15.5 Å². The Kier molecular flexibility index (Phi) is 6.38. The highest BCUT2D eigenvalue weighted by molar-refractivity contribution is 6.34. The molecule has 1 amide bonds. The number of rotatable bonds is 6. The summed E-state index contributed by atoms with van der Waals surface area (Å²) in [6.45, 7) is 6.17. The van der Waals surface area contributed by atoms with Gasteiger partial charge in [0, 0.05) is 6.54 Å². The maximum atomic E-state index is 12.1. The van der Waals surface area contributed by atoms with Gasteiger partial charge >= 0.3 is 5.97 Å². The van der Waals surface area contributed by atoms with E-state index in [-0.39, 0.29) is 21.6 Å². The van der Waals surface area contributed by atoms with Crippen molar-refractivity contribution in [2.45, 2.75) is 39.7 Å². The van der Waals surface area contributed by atoms with E-state index in [4.69, 9.17) is 16.7 Å². The zero-order chi connectivity index (χ0) is 16.9. The van der Waals surface area contributed by atoms with Gasteiger partial charge in [-0.2, -0.15) is 0 Å². The van der Waals surface area contributed by atoms with Crippen LogP contribution in [0.4, 0.5) is 0 Å². The van der Waals surface area contributed by atoms with Crippen molar-refractivity contribution in [3.05, 3.63) is 34.3 Å². The number of carboxylic acid groups (broad SMARTS) is 1. The number of carbonyl (C=O) groups is 2. The standard InChI is InChI=1S/C16H22ClNO4/c1-16(2,3)12(19)8-5-9-18-14(20)13-10(15(21)22)6-4-7-11(13)17/h4,6-7,12,19H,5,8-9H2,1-3H3,(H,18,20)(H,21,22). The highest BCUT2D eigenvalue weighted by Gasteiger charge is 2.22. The molecular weight excluding hydrogens is 306 g/mol. The molecule has 0 radical (unpaired) electrons. The molecule has 0 saturated carbocycles. The molecule has 0 bridgehead atoms. The number of carbonyl (C=O) groups excluding carboxylic acids is 1. The average molecular weight is 328 g/mol. The van der Waals surface area contributed by atoms with E-state index in [9.17, 15) is 14.7 Å². The van der Waals surface area contributed by atoms with Gasteiger partial charge in [0.1, 0.15) is 0 Å². The lowest BCUT2D eigenvalue weighted by molar-refractivity contribution is 0.0537. The van der Waals surface area contributed by atoms with E-state index >= 15 is 0 Å². The van der Waals surface area contributed by atoms with Gasteiger partial charge in [-0.1, -0.05) is 38.4 Å². The summed E-state index contributed by atoms with van der Waals surface area (Å²) in [5, 5.41) is 21.8. The van der Waals surface area contributed by atoms with Crippen molar-refractivity contribution in [2.75, 3.05) is 6.54 Å². The van der Waals surface area contributed by atoms with Gasteiger partial charge in [0.25, 0.3) is 5.91 Å². The Bertz CT molecular complexity index is 552. The van der Waals surface area contributed by atoms with Crippen LogP contribution in [-0.2, 0) is 0 Å². The number of aliphatic hydroxyl groups is 1. The predicted molar refractivity (Wildman–Crippen MR) is 85.4 cm³/mol. The van der Waals surface area contributed by atoms with E-state index < -0.39 is 18.0 Å². The van der Waals surface area contributed by atoms with Crippen molar-refractivity contribution in [3.63, 3.8) is 0 Å². The van der Waals surface area contributed by atoms with Crippen LogP contribution in [-0.4, -0.2) is 34.7 Å². The molecule has 1 rings (SSSR count). The molecule has 3 N–H and O–H groups in total. The number of aliphatic hydroxyl groups excluding tert-OH is 1. The summed E-state index contributed by atoms with van der Waals surface area (Å²) in [5.41, 5.74) is -0.365. The monoisotopic (exact) mass is 327 g/mol. The van der Waals surface area contributed by atoms with E-state index in [1.54, 1.807) is 0 Å². The average Bonchev–Trinajstić information content (AvgIpc) is 2.41. The molecule has 1 aromatic rings. The van der Waals surface area contributed by atoms with E-state index in [0.717, 1.165) is 0 Å². The van der Waals surface area contributed by atoms with Gasteiger partial charge in [-0.05, 0) is 30.4 Å². The summed E-state index contributed by atoms with van der Waals surface area (Å²) < 4.78 is 0. The molecule has 0 aromatic heterocycles. The Labute approximate surface area is 135 Å². The molecule has 0 saturated heterocycles. The minimum Gasteiger partial charge on any atom is -0.478 e. The molecule has 0 spiro atoms. The van der Waals surface area contributed by atoms with E-state index in [2.05, 4.69) is 5.32 Å². The first-order valence-corrected chi connectivity index (χ1v) is 7.50. The zero-order valence-corrected chi connectivity index (χ0v) is 13.8. The third kappa shape index (κ3) is 5.00. The van der Waals surface area contributed by atoms with Gasteiger partial charge in [-0.15, -0.1) is 0 Å². The third-order valence-electron chi connectivity index (χ3n) is 3.41. The fourth-order valence-electron chi connectivity index (χ4n) is 1.95. The molecule has 6 heteroatoms. The van der Waals surface area contributed by atoms with Crippen LogP contribution in [0.1, 0.15) is 54.3 Å². The predicted octanol–water partition coefficient (Wildman–Crippen LogP) is 2.96. The van der Waals surface area contributed by atoms with Crippen LogP contribution >= 0.6 is 11.6 Å².